The minimum Gasteiger partial charge on any atom is -0.490 e. The Hall–Kier alpha value is -3.10. The second-order valence-electron chi connectivity index (χ2n) is 5.64. The molecule has 3 aromatic rings. The number of aryl methyl sites for hydroxylation is 1. The van der Waals surface area contributed by atoms with Crippen LogP contribution in [0.25, 0.3) is 5.65 Å². The molecule has 0 radical (unpaired) electrons. The molecule has 9 heteroatoms. The normalized spacial score (nSPS) is 11.6. The molecule has 0 aliphatic carbocycles. The minimum atomic E-state index is -4.48. The number of amides is 1. The van der Waals surface area contributed by atoms with Gasteiger partial charge in [-0.15, -0.1) is 0 Å². The number of halogens is 3. The first-order valence-corrected chi connectivity index (χ1v) is 8.32. The molecular formula is C18H17F3N4O2. The van der Waals surface area contributed by atoms with E-state index < -0.39 is 17.6 Å². The number of ether oxygens (including phenoxy) is 1. The summed E-state index contributed by atoms with van der Waals surface area (Å²) >= 11 is 0. The predicted octanol–water partition coefficient (Wildman–Crippen LogP) is 3.96. The second kappa shape index (κ2) is 7.26. The zero-order valence-electron chi connectivity index (χ0n) is 14.7. The lowest BCUT2D eigenvalue weighted by Crippen LogP contribution is -2.17. The van der Waals surface area contributed by atoms with Crippen molar-refractivity contribution in [2.75, 3.05) is 11.9 Å². The van der Waals surface area contributed by atoms with Gasteiger partial charge in [-0.3, -0.25) is 9.20 Å². The number of rotatable bonds is 5. The molecule has 3 rings (SSSR count). The standard InChI is InChI=1S/C18H17F3N4O2/c1-3-12-15(25-9-5-6-13(27-4-2)16(25)23-12)17(26)24-14-8-7-11(10-22-14)18(19,20)21/h5-10H,3-4H2,1-2H3,(H,22,24,26). The van der Waals surface area contributed by atoms with Gasteiger partial charge in [0.1, 0.15) is 11.5 Å². The number of hydrogen-bond acceptors (Lipinski definition) is 4. The van der Waals surface area contributed by atoms with Gasteiger partial charge in [0.15, 0.2) is 11.4 Å². The van der Waals surface area contributed by atoms with Crippen LogP contribution in [-0.4, -0.2) is 26.9 Å². The van der Waals surface area contributed by atoms with Crippen LogP contribution < -0.4 is 10.1 Å². The fourth-order valence-corrected chi connectivity index (χ4v) is 2.66. The molecule has 142 valence electrons. The molecule has 1 amide bonds. The highest BCUT2D eigenvalue weighted by Crippen LogP contribution is 2.29. The van der Waals surface area contributed by atoms with Crippen molar-refractivity contribution in [2.45, 2.75) is 26.4 Å². The van der Waals surface area contributed by atoms with Gasteiger partial charge in [0, 0.05) is 12.4 Å². The van der Waals surface area contributed by atoms with Crippen LogP contribution in [0.5, 0.6) is 5.75 Å². The summed E-state index contributed by atoms with van der Waals surface area (Å²) < 4.78 is 45.0. The molecule has 0 saturated carbocycles. The van der Waals surface area contributed by atoms with E-state index in [-0.39, 0.29) is 11.5 Å². The third-order valence-electron chi connectivity index (χ3n) is 3.87. The number of anilines is 1. The molecule has 0 unspecified atom stereocenters. The van der Waals surface area contributed by atoms with Crippen LogP contribution in [0.2, 0.25) is 0 Å². The number of aromatic nitrogens is 3. The van der Waals surface area contributed by atoms with E-state index in [0.29, 0.717) is 36.3 Å². The van der Waals surface area contributed by atoms with Gasteiger partial charge in [-0.2, -0.15) is 13.2 Å². The van der Waals surface area contributed by atoms with Gasteiger partial charge < -0.3 is 10.1 Å². The van der Waals surface area contributed by atoms with Crippen LogP contribution >= 0.6 is 0 Å². The molecule has 0 aromatic carbocycles. The zero-order chi connectivity index (χ0) is 19.6. The van der Waals surface area contributed by atoms with Crippen LogP contribution in [0.3, 0.4) is 0 Å². The highest BCUT2D eigenvalue weighted by molar-refractivity contribution is 6.04. The maximum Gasteiger partial charge on any atom is 0.417 e. The Morgan fingerprint density at radius 2 is 2.04 bits per heavy atom. The van der Waals surface area contributed by atoms with Crippen molar-refractivity contribution in [1.29, 1.82) is 0 Å². The molecular weight excluding hydrogens is 361 g/mol. The van der Waals surface area contributed by atoms with E-state index in [1.807, 2.05) is 13.8 Å². The molecule has 0 aliphatic rings. The summed E-state index contributed by atoms with van der Waals surface area (Å²) in [6, 6.07) is 5.46. The number of fused-ring (bicyclic) bond motifs is 1. The first kappa shape index (κ1) is 18.7. The highest BCUT2D eigenvalue weighted by atomic mass is 19.4. The topological polar surface area (TPSA) is 68.5 Å². The van der Waals surface area contributed by atoms with Gasteiger partial charge in [-0.05, 0) is 37.6 Å². The second-order valence-corrected chi connectivity index (χ2v) is 5.64. The van der Waals surface area contributed by atoms with Crippen molar-refractivity contribution in [2.24, 2.45) is 0 Å². The van der Waals surface area contributed by atoms with Gasteiger partial charge in [0.25, 0.3) is 5.91 Å². The molecule has 0 saturated heterocycles. The number of pyridine rings is 2. The summed E-state index contributed by atoms with van der Waals surface area (Å²) in [7, 11) is 0. The molecule has 27 heavy (non-hydrogen) atoms. The number of nitrogens with one attached hydrogen (secondary N) is 1. The summed E-state index contributed by atoms with van der Waals surface area (Å²) in [5.41, 5.74) is 0.454. The first-order valence-electron chi connectivity index (χ1n) is 8.32. The van der Waals surface area contributed by atoms with Gasteiger partial charge >= 0.3 is 6.18 Å². The SMILES string of the molecule is CCOc1cccn2c(C(=O)Nc3ccc(C(F)(F)F)cn3)c(CC)nc12. The van der Waals surface area contributed by atoms with Crippen molar-refractivity contribution >= 4 is 17.4 Å². The van der Waals surface area contributed by atoms with Crippen LogP contribution in [0, 0.1) is 0 Å². The van der Waals surface area contributed by atoms with Gasteiger partial charge in [0.05, 0.1) is 17.9 Å². The number of nitrogens with zero attached hydrogens (tertiary/aromatic N) is 3. The zero-order valence-corrected chi connectivity index (χ0v) is 14.7. The Morgan fingerprint density at radius 3 is 2.63 bits per heavy atom. The predicted molar refractivity (Wildman–Crippen MR) is 92.9 cm³/mol. The van der Waals surface area contributed by atoms with Gasteiger partial charge in [0.2, 0.25) is 0 Å². The number of alkyl halides is 3. The van der Waals surface area contributed by atoms with E-state index in [2.05, 4.69) is 15.3 Å². The molecule has 0 fully saturated rings. The van der Waals surface area contributed by atoms with E-state index in [9.17, 15) is 18.0 Å². The Labute approximate surface area is 153 Å². The number of carbonyl (C=O) groups is 1. The summed E-state index contributed by atoms with van der Waals surface area (Å²) in [5.74, 6) is 0.0487. The Morgan fingerprint density at radius 1 is 1.26 bits per heavy atom. The molecule has 1 N–H and O–H groups in total. The van der Waals surface area contributed by atoms with Crippen molar-refractivity contribution in [3.05, 3.63) is 53.6 Å². The third-order valence-corrected chi connectivity index (χ3v) is 3.87. The molecule has 0 atom stereocenters. The van der Waals surface area contributed by atoms with Crippen molar-refractivity contribution in [3.63, 3.8) is 0 Å². The van der Waals surface area contributed by atoms with Crippen molar-refractivity contribution in [3.8, 4) is 5.75 Å². The number of imidazole rings is 1. The van der Waals surface area contributed by atoms with Crippen LogP contribution in [0.1, 0.15) is 35.6 Å². The summed E-state index contributed by atoms with van der Waals surface area (Å²) in [5, 5.41) is 2.52. The lowest BCUT2D eigenvalue weighted by molar-refractivity contribution is -0.137. The van der Waals surface area contributed by atoms with Crippen LogP contribution in [0.15, 0.2) is 36.7 Å². The van der Waals surface area contributed by atoms with E-state index in [4.69, 9.17) is 4.74 Å². The van der Waals surface area contributed by atoms with Gasteiger partial charge in [-0.25, -0.2) is 9.97 Å². The number of carbonyl (C=O) groups excluding carboxylic acids is 1. The summed E-state index contributed by atoms with van der Waals surface area (Å²) in [6.07, 6.45) is -1.63. The largest absolute Gasteiger partial charge is 0.490 e. The minimum absolute atomic E-state index is 0.0194. The quantitative estimate of drug-likeness (QED) is 0.730. The van der Waals surface area contributed by atoms with E-state index in [1.54, 1.807) is 22.7 Å². The molecule has 3 heterocycles. The van der Waals surface area contributed by atoms with E-state index >= 15 is 0 Å². The Bertz CT molecular complexity index is 965. The van der Waals surface area contributed by atoms with Crippen molar-refractivity contribution < 1.29 is 22.7 Å². The molecule has 3 aromatic heterocycles. The smallest absolute Gasteiger partial charge is 0.417 e. The van der Waals surface area contributed by atoms with E-state index in [0.717, 1.165) is 12.1 Å². The fraction of sp³-hybridized carbons (Fsp3) is 0.278. The lowest BCUT2D eigenvalue weighted by Gasteiger charge is -2.09. The molecule has 6 nitrogen and oxygen atoms in total. The average Bonchev–Trinajstić information content (AvgIpc) is 3.01. The summed E-state index contributed by atoms with van der Waals surface area (Å²) in [4.78, 5) is 20.9. The Balaban J connectivity index is 1.94. The monoisotopic (exact) mass is 378 g/mol. The Kier molecular flexibility index (Phi) is 5.02. The van der Waals surface area contributed by atoms with Crippen molar-refractivity contribution in [1.82, 2.24) is 14.4 Å². The first-order chi connectivity index (χ1) is 12.8. The maximum atomic E-state index is 12.7. The highest BCUT2D eigenvalue weighted by Gasteiger charge is 2.30. The summed E-state index contributed by atoms with van der Waals surface area (Å²) in [6.45, 7) is 4.15. The molecule has 0 spiro atoms. The fourth-order valence-electron chi connectivity index (χ4n) is 2.66. The van der Waals surface area contributed by atoms with E-state index in [1.165, 1.54) is 0 Å². The molecule has 0 aliphatic heterocycles. The average molecular weight is 378 g/mol. The third kappa shape index (κ3) is 3.71. The van der Waals surface area contributed by atoms with Crippen LogP contribution in [-0.2, 0) is 12.6 Å². The van der Waals surface area contributed by atoms with Gasteiger partial charge in [-0.1, -0.05) is 6.92 Å². The molecule has 0 bridgehead atoms. The maximum absolute atomic E-state index is 12.7. The number of hydrogen-bond donors (Lipinski definition) is 1. The van der Waals surface area contributed by atoms with Crippen LogP contribution in [0.4, 0.5) is 19.0 Å². The lowest BCUT2D eigenvalue weighted by atomic mass is 10.2.